The minimum Gasteiger partial charge on any atom is -0.412 e. The van der Waals surface area contributed by atoms with Gasteiger partial charge in [-0.15, -0.1) is 0 Å². The van der Waals surface area contributed by atoms with Gasteiger partial charge in [0.1, 0.15) is 5.75 Å². The summed E-state index contributed by atoms with van der Waals surface area (Å²) in [6, 6.07) is 0. The summed E-state index contributed by atoms with van der Waals surface area (Å²) in [6.45, 7) is 2.04. The van der Waals surface area contributed by atoms with Crippen molar-refractivity contribution in [2.45, 2.75) is 6.92 Å². The van der Waals surface area contributed by atoms with Crippen LogP contribution in [0, 0.1) is 15.3 Å². The average Bonchev–Trinajstić information content (AvgIpc) is 1.33. The Morgan fingerprint density at radius 2 is 1.62 bits per heavy atom. The molecule has 0 saturated carbocycles. The molecule has 6 heteroatoms. The van der Waals surface area contributed by atoms with Gasteiger partial charge in [-0.3, -0.25) is 0 Å². The quantitative estimate of drug-likeness (QED) is 0.246. The highest BCUT2D eigenvalue weighted by molar-refractivity contribution is 7.58. The van der Waals surface area contributed by atoms with Crippen molar-refractivity contribution in [3.05, 3.63) is 15.3 Å². The summed E-state index contributed by atoms with van der Waals surface area (Å²) < 4.78 is 0. The van der Waals surface area contributed by atoms with E-state index in [0.717, 1.165) is 5.75 Å². The maximum atomic E-state index is 8.25. The monoisotopic (exact) mass is 143 g/mol. The molecule has 0 amide bonds. The lowest BCUT2D eigenvalue weighted by Crippen LogP contribution is -1.74. The normalized spacial score (nSPS) is 5.25. The summed E-state index contributed by atoms with van der Waals surface area (Å²) in [5, 5.41) is 14.8. The summed E-state index contributed by atoms with van der Waals surface area (Å²) in [7, 11) is 0. The summed E-state index contributed by atoms with van der Waals surface area (Å²) >= 11 is 3.18. The van der Waals surface area contributed by atoms with E-state index in [1.54, 1.807) is 0 Å². The van der Waals surface area contributed by atoms with E-state index in [1.807, 2.05) is 6.92 Å². The number of hydrogen-bond donors (Lipinski definition) is 0. The Kier molecular flexibility index (Phi) is 31.4. The molecule has 0 aromatic rings. The molecular formula is C2H9NO4S. The van der Waals surface area contributed by atoms with Crippen LogP contribution in [0.15, 0.2) is 0 Å². The van der Waals surface area contributed by atoms with Crippen molar-refractivity contribution in [3.8, 4) is 0 Å². The first-order chi connectivity index (χ1) is 3.15. The molecule has 0 radical (unpaired) electrons. The van der Waals surface area contributed by atoms with Crippen LogP contribution >= 0.6 is 0 Å². The lowest BCUT2D eigenvalue weighted by molar-refractivity contribution is -0.402. The van der Waals surface area contributed by atoms with Gasteiger partial charge in [0.25, 0.3) is 0 Å². The molecule has 0 rings (SSSR count). The van der Waals surface area contributed by atoms with Crippen LogP contribution < -0.4 is 0 Å². The van der Waals surface area contributed by atoms with Crippen LogP contribution in [0.5, 0.6) is 0 Å². The molecule has 0 aromatic heterocycles. The van der Waals surface area contributed by atoms with Gasteiger partial charge in [0.05, 0.1) is 5.09 Å². The molecule has 0 aliphatic carbocycles. The van der Waals surface area contributed by atoms with E-state index in [2.05, 4.69) is 12.6 Å². The van der Waals surface area contributed by atoms with Gasteiger partial charge < -0.3 is 20.8 Å². The molecule has 2 N–H and O–H groups in total. The van der Waals surface area contributed by atoms with Crippen LogP contribution in [0.4, 0.5) is 0 Å². The first kappa shape index (κ1) is 15.6. The number of hydrogen-bond acceptors (Lipinski definition) is 3. The fourth-order valence-electron chi connectivity index (χ4n) is 0. The summed E-state index contributed by atoms with van der Waals surface area (Å²) in [5.74, 6) is 1.06. The van der Waals surface area contributed by atoms with E-state index in [0.29, 0.717) is 0 Å². The molecule has 5 nitrogen and oxygen atoms in total. The van der Waals surface area contributed by atoms with Crippen LogP contribution in [-0.4, -0.2) is 16.3 Å². The molecule has 0 heterocycles. The van der Waals surface area contributed by atoms with Crippen molar-refractivity contribution < 1.29 is 10.6 Å². The van der Waals surface area contributed by atoms with E-state index >= 15 is 0 Å². The zero-order valence-electron chi connectivity index (χ0n) is 4.38. The molecule has 0 aliphatic heterocycles. The van der Waals surface area contributed by atoms with E-state index in [9.17, 15) is 0 Å². The van der Waals surface area contributed by atoms with Gasteiger partial charge in [-0.1, -0.05) is 0 Å². The Labute approximate surface area is 52.1 Å². The number of rotatable bonds is 0. The van der Waals surface area contributed by atoms with Crippen LogP contribution in [0.25, 0.3) is 0 Å². The molecule has 0 saturated heterocycles. The Bertz CT molecular complexity index is 45.3. The third-order valence-electron chi connectivity index (χ3n) is 0. The van der Waals surface area contributed by atoms with Crippen molar-refractivity contribution in [3.63, 3.8) is 0 Å². The predicted octanol–water partition coefficient (Wildman–Crippen LogP) is -1.05. The largest absolute Gasteiger partial charge is 0.412 e. The van der Waals surface area contributed by atoms with E-state index in [-0.39, 0.29) is 5.48 Å². The van der Waals surface area contributed by atoms with E-state index in [1.165, 1.54) is 0 Å². The fourth-order valence-corrected chi connectivity index (χ4v) is 0. The molecular weight excluding hydrogens is 134 g/mol. The lowest BCUT2D eigenvalue weighted by atomic mass is 11.0. The SMILES string of the molecule is CC[SH2+].O.O=[N+]([O-])[O-]. The van der Waals surface area contributed by atoms with Gasteiger partial charge in [0.15, 0.2) is 0 Å². The molecule has 0 atom stereocenters. The van der Waals surface area contributed by atoms with Crippen LogP contribution in [0.1, 0.15) is 6.92 Å². The molecule has 0 aromatic carbocycles. The highest BCUT2D eigenvalue weighted by atomic mass is 32.1. The smallest absolute Gasteiger partial charge is 0.100 e. The van der Waals surface area contributed by atoms with Gasteiger partial charge in [0.2, 0.25) is 0 Å². The lowest BCUT2D eigenvalue weighted by Gasteiger charge is -1.74. The average molecular weight is 143 g/mol. The van der Waals surface area contributed by atoms with Gasteiger partial charge in [-0.05, 0) is 19.6 Å². The maximum absolute atomic E-state index is 8.25. The summed E-state index contributed by atoms with van der Waals surface area (Å²) in [6.07, 6.45) is 0. The van der Waals surface area contributed by atoms with Crippen molar-refractivity contribution in [2.24, 2.45) is 0 Å². The van der Waals surface area contributed by atoms with Gasteiger partial charge in [0, 0.05) is 0 Å². The van der Waals surface area contributed by atoms with Crippen molar-refractivity contribution >= 4 is 12.6 Å². The zero-order valence-corrected chi connectivity index (χ0v) is 5.38. The predicted molar refractivity (Wildman–Crippen MR) is 34.7 cm³/mol. The van der Waals surface area contributed by atoms with Gasteiger partial charge >= 0.3 is 0 Å². The minimum atomic E-state index is -1.75. The molecule has 0 unspecified atom stereocenters. The van der Waals surface area contributed by atoms with Gasteiger partial charge in [-0.2, -0.15) is 0 Å². The van der Waals surface area contributed by atoms with Crippen LogP contribution in [0.2, 0.25) is 0 Å². The standard InChI is InChI=1S/C2H6S.NO3.H2O/c1-2-3;2-1(3)4;/h3H,2H2,1H3;;1H2/q;-1;/p+1. The Balaban J connectivity index is -0.0000000575. The minimum absolute atomic E-state index is 0. The van der Waals surface area contributed by atoms with Gasteiger partial charge in [-0.25, -0.2) is 0 Å². The highest BCUT2D eigenvalue weighted by Crippen LogP contribution is 1.44. The summed E-state index contributed by atoms with van der Waals surface area (Å²) in [5.41, 5.74) is 0. The zero-order chi connectivity index (χ0) is 6.28. The molecule has 0 bridgehead atoms. The third-order valence-corrected chi connectivity index (χ3v) is 0. The Hall–Kier alpha value is -0.490. The van der Waals surface area contributed by atoms with Crippen molar-refractivity contribution in [2.75, 3.05) is 5.75 Å². The third kappa shape index (κ3) is 467. The van der Waals surface area contributed by atoms with Crippen LogP contribution in [0.3, 0.4) is 0 Å². The van der Waals surface area contributed by atoms with E-state index < -0.39 is 5.09 Å². The van der Waals surface area contributed by atoms with Crippen LogP contribution in [-0.2, 0) is 12.6 Å². The second-order valence-corrected chi connectivity index (χ2v) is 1.28. The molecule has 0 fully saturated rings. The number of nitrogens with zero attached hydrogens (tertiary/aromatic N) is 1. The fraction of sp³-hybridized carbons (Fsp3) is 1.00. The van der Waals surface area contributed by atoms with E-state index in [4.69, 9.17) is 15.3 Å². The first-order valence-electron chi connectivity index (χ1n) is 1.61. The second-order valence-electron chi connectivity index (χ2n) is 0.577. The van der Waals surface area contributed by atoms with Crippen molar-refractivity contribution in [1.82, 2.24) is 0 Å². The van der Waals surface area contributed by atoms with Crippen molar-refractivity contribution in [1.29, 1.82) is 0 Å². The first-order valence-corrected chi connectivity index (χ1v) is 2.32. The second kappa shape index (κ2) is 16.0. The highest BCUT2D eigenvalue weighted by Gasteiger charge is 1.45. The summed E-state index contributed by atoms with van der Waals surface area (Å²) in [4.78, 5) is 8.25. The molecule has 8 heavy (non-hydrogen) atoms. The Morgan fingerprint density at radius 3 is 1.62 bits per heavy atom. The Morgan fingerprint density at radius 1 is 1.62 bits per heavy atom. The molecule has 52 valence electrons. The molecule has 0 spiro atoms. The topological polar surface area (TPSA) is 97.7 Å². The molecule has 0 aliphatic rings. The maximum Gasteiger partial charge on any atom is 0.100 e.